The molecule has 0 radical (unpaired) electrons. The maximum Gasteiger partial charge on any atom is 0.358 e. The number of nitrogens with zero attached hydrogens (tertiary/aromatic N) is 2. The number of ether oxygens (including phenoxy) is 1. The molecule has 7 nitrogen and oxygen atoms in total. The molecule has 1 heterocycles. The van der Waals surface area contributed by atoms with Crippen molar-refractivity contribution in [2.75, 3.05) is 7.11 Å². The van der Waals surface area contributed by atoms with Crippen molar-refractivity contribution in [3.05, 3.63) is 52.6 Å². The van der Waals surface area contributed by atoms with Crippen LogP contribution in [0.2, 0.25) is 5.02 Å². The van der Waals surface area contributed by atoms with Crippen LogP contribution >= 0.6 is 22.4 Å². The number of hydrogen-bond acceptors (Lipinski definition) is 7. The van der Waals surface area contributed by atoms with E-state index in [1.807, 2.05) is 0 Å². The van der Waals surface area contributed by atoms with Crippen LogP contribution in [-0.4, -0.2) is 32.4 Å². The largest absolute Gasteiger partial charge is 0.464 e. The lowest BCUT2D eigenvalue weighted by Crippen LogP contribution is -2.21. The van der Waals surface area contributed by atoms with Crippen LogP contribution in [0.25, 0.3) is 0 Å². The lowest BCUT2D eigenvalue weighted by Gasteiger charge is -2.32. The minimum Gasteiger partial charge on any atom is -0.464 e. The molecule has 3 N–H and O–H groups in total. The average molecular weight is 362 g/mol. The summed E-state index contributed by atoms with van der Waals surface area (Å²) in [7, 11) is -2.16. The smallest absolute Gasteiger partial charge is 0.358 e. The van der Waals surface area contributed by atoms with Gasteiger partial charge in [-0.1, -0.05) is 11.6 Å². The fourth-order valence-electron chi connectivity index (χ4n) is 1.58. The summed E-state index contributed by atoms with van der Waals surface area (Å²) in [5.41, 5.74) is 0.402. The highest BCUT2D eigenvalue weighted by atomic mass is 35.5. The SMILES string of the molecule is COC(=O)c1ccc(CNS(O)(O)c2ccc(F)c(Cl)c2)nn1. The van der Waals surface area contributed by atoms with Crippen molar-refractivity contribution in [1.82, 2.24) is 14.9 Å². The van der Waals surface area contributed by atoms with Gasteiger partial charge in [-0.15, -0.1) is 15.9 Å². The zero-order valence-electron chi connectivity index (χ0n) is 11.9. The van der Waals surface area contributed by atoms with Crippen LogP contribution in [0.1, 0.15) is 16.2 Å². The Balaban J connectivity index is 2.06. The number of aromatic nitrogens is 2. The third kappa shape index (κ3) is 4.36. The number of halogens is 2. The highest BCUT2D eigenvalue weighted by Gasteiger charge is 2.17. The molecule has 0 aliphatic rings. The second-order valence-electron chi connectivity index (χ2n) is 4.35. The molecule has 0 unspecified atom stereocenters. The number of nitrogens with one attached hydrogen (secondary N) is 1. The molecule has 124 valence electrons. The Morgan fingerprint density at radius 2 is 2.09 bits per heavy atom. The maximum absolute atomic E-state index is 13.1. The van der Waals surface area contributed by atoms with Gasteiger partial charge in [0.05, 0.1) is 29.3 Å². The maximum atomic E-state index is 13.1. The van der Waals surface area contributed by atoms with Crippen molar-refractivity contribution in [3.8, 4) is 0 Å². The Morgan fingerprint density at radius 3 is 2.65 bits per heavy atom. The van der Waals surface area contributed by atoms with Crippen molar-refractivity contribution < 1.29 is 23.0 Å². The Kier molecular flexibility index (Phi) is 5.50. The zero-order valence-corrected chi connectivity index (χ0v) is 13.4. The number of carbonyl (C=O) groups excluding carboxylic acids is 1. The monoisotopic (exact) mass is 361 g/mol. The Labute approximate surface area is 137 Å². The van der Waals surface area contributed by atoms with E-state index in [2.05, 4.69) is 19.7 Å². The fourth-order valence-corrected chi connectivity index (χ4v) is 2.88. The summed E-state index contributed by atoms with van der Waals surface area (Å²) in [5.74, 6) is -1.28. The summed E-state index contributed by atoms with van der Waals surface area (Å²) in [6.45, 7) is -0.0359. The van der Waals surface area contributed by atoms with Gasteiger partial charge < -0.3 is 4.74 Å². The van der Waals surface area contributed by atoms with Crippen LogP contribution in [0.5, 0.6) is 0 Å². The Morgan fingerprint density at radius 1 is 1.35 bits per heavy atom. The molecule has 1 aromatic carbocycles. The van der Waals surface area contributed by atoms with Crippen LogP contribution < -0.4 is 4.72 Å². The van der Waals surface area contributed by atoms with Gasteiger partial charge in [0.15, 0.2) is 5.69 Å². The molecule has 2 rings (SSSR count). The number of carbonyl (C=O) groups is 1. The van der Waals surface area contributed by atoms with Gasteiger partial charge in [-0.25, -0.2) is 13.9 Å². The minimum absolute atomic E-state index is 0.0353. The lowest BCUT2D eigenvalue weighted by atomic mass is 10.3. The van der Waals surface area contributed by atoms with Crippen LogP contribution in [0.3, 0.4) is 0 Å². The first-order chi connectivity index (χ1) is 10.8. The van der Waals surface area contributed by atoms with E-state index < -0.39 is 22.6 Å². The summed E-state index contributed by atoms with van der Waals surface area (Å²) in [6, 6.07) is 6.27. The van der Waals surface area contributed by atoms with Gasteiger partial charge >= 0.3 is 5.97 Å². The van der Waals surface area contributed by atoms with Gasteiger partial charge in [-0.2, -0.15) is 5.10 Å². The predicted octanol–water partition coefficient (Wildman–Crippen LogP) is 2.87. The topological polar surface area (TPSA) is 105 Å². The number of rotatable bonds is 5. The molecule has 1 aromatic heterocycles. The lowest BCUT2D eigenvalue weighted by molar-refractivity contribution is 0.0592. The van der Waals surface area contributed by atoms with Crippen LogP contribution in [-0.2, 0) is 11.3 Å². The van der Waals surface area contributed by atoms with E-state index in [-0.39, 0.29) is 22.2 Å². The van der Waals surface area contributed by atoms with Gasteiger partial charge in [0.2, 0.25) is 0 Å². The number of hydrogen-bond donors (Lipinski definition) is 3. The van der Waals surface area contributed by atoms with Gasteiger partial charge in [0, 0.05) is 0 Å². The van der Waals surface area contributed by atoms with E-state index in [0.717, 1.165) is 12.1 Å². The molecule has 0 aliphatic carbocycles. The summed E-state index contributed by atoms with van der Waals surface area (Å²) in [6.07, 6.45) is 0. The van der Waals surface area contributed by atoms with Gasteiger partial charge in [-0.05, 0) is 30.3 Å². The fraction of sp³-hybridized carbons (Fsp3) is 0.154. The molecule has 0 atom stereocenters. The average Bonchev–Trinajstić information content (AvgIpc) is 2.55. The van der Waals surface area contributed by atoms with Gasteiger partial charge in [0.25, 0.3) is 0 Å². The molecule has 0 fully saturated rings. The Hall–Kier alpha value is -1.78. The molecule has 10 heteroatoms. The molecule has 2 aromatic rings. The van der Waals surface area contributed by atoms with E-state index in [0.29, 0.717) is 5.69 Å². The molecular formula is C13H13ClFN3O4S. The van der Waals surface area contributed by atoms with E-state index in [4.69, 9.17) is 11.6 Å². The van der Waals surface area contributed by atoms with E-state index in [1.54, 1.807) is 0 Å². The van der Waals surface area contributed by atoms with Crippen molar-refractivity contribution >= 4 is 28.3 Å². The summed E-state index contributed by atoms with van der Waals surface area (Å²) in [5, 5.41) is 7.21. The van der Waals surface area contributed by atoms with Crippen molar-refractivity contribution in [3.63, 3.8) is 0 Å². The first kappa shape index (κ1) is 17.6. The second-order valence-corrected chi connectivity index (χ2v) is 6.61. The van der Waals surface area contributed by atoms with Gasteiger partial charge in [0.1, 0.15) is 5.82 Å². The highest BCUT2D eigenvalue weighted by molar-refractivity contribution is 8.22. The minimum atomic E-state index is -3.39. The molecule has 0 bridgehead atoms. The number of esters is 1. The van der Waals surface area contributed by atoms with E-state index in [9.17, 15) is 18.3 Å². The standard InChI is InChI=1S/C13H13ClFN3O4S/c1-22-13(19)12-5-2-8(17-18-12)7-16-23(20,21)9-3-4-11(15)10(14)6-9/h2-6,16,20-21H,7H2,1H3. The van der Waals surface area contributed by atoms with E-state index >= 15 is 0 Å². The summed E-state index contributed by atoms with van der Waals surface area (Å²) in [4.78, 5) is 11.3. The third-order valence-electron chi connectivity index (χ3n) is 2.79. The third-order valence-corrected chi connectivity index (χ3v) is 4.54. The molecule has 23 heavy (non-hydrogen) atoms. The molecule has 0 spiro atoms. The normalized spacial score (nSPS) is 12.0. The molecular weight excluding hydrogens is 349 g/mol. The van der Waals surface area contributed by atoms with Crippen molar-refractivity contribution in [1.29, 1.82) is 0 Å². The number of benzene rings is 1. The second kappa shape index (κ2) is 7.20. The zero-order chi connectivity index (χ0) is 17.0. The van der Waals surface area contributed by atoms with Crippen molar-refractivity contribution in [2.24, 2.45) is 0 Å². The summed E-state index contributed by atoms with van der Waals surface area (Å²) < 4.78 is 40.2. The number of methoxy groups -OCH3 is 1. The van der Waals surface area contributed by atoms with Crippen LogP contribution in [0, 0.1) is 5.82 Å². The van der Waals surface area contributed by atoms with Gasteiger partial charge in [-0.3, -0.25) is 9.11 Å². The first-order valence-electron chi connectivity index (χ1n) is 6.22. The highest BCUT2D eigenvalue weighted by Crippen LogP contribution is 2.45. The predicted molar refractivity (Wildman–Crippen MR) is 82.7 cm³/mol. The van der Waals surface area contributed by atoms with Crippen molar-refractivity contribution in [2.45, 2.75) is 11.4 Å². The molecule has 0 amide bonds. The quantitative estimate of drug-likeness (QED) is 0.703. The van der Waals surface area contributed by atoms with E-state index in [1.165, 1.54) is 25.3 Å². The summed E-state index contributed by atoms with van der Waals surface area (Å²) >= 11 is 5.62. The molecule has 0 aliphatic heterocycles. The molecule has 0 saturated heterocycles. The molecule has 0 saturated carbocycles. The van der Waals surface area contributed by atoms with Crippen LogP contribution in [0.4, 0.5) is 4.39 Å². The first-order valence-corrected chi connectivity index (χ1v) is 8.15. The Bertz CT molecular complexity index is 715. The van der Waals surface area contributed by atoms with Crippen LogP contribution in [0.15, 0.2) is 35.2 Å².